The van der Waals surface area contributed by atoms with Gasteiger partial charge in [0.05, 0.1) is 5.69 Å². The van der Waals surface area contributed by atoms with Gasteiger partial charge in [-0.3, -0.25) is 4.79 Å². The molecule has 1 unspecified atom stereocenters. The molecule has 0 fully saturated rings. The number of fused-ring (bicyclic) bond motifs is 1. The Balaban J connectivity index is 1.96. The van der Waals surface area contributed by atoms with E-state index in [1.165, 1.54) is 12.1 Å². The largest absolute Gasteiger partial charge is 0.369 e. The predicted octanol–water partition coefficient (Wildman–Crippen LogP) is 4.46. The van der Waals surface area contributed by atoms with Crippen molar-refractivity contribution >= 4 is 49.1 Å². The second kappa shape index (κ2) is 5.18. The molecule has 0 bridgehead atoms. The SMILES string of the molecule is O=C1Nc2cc(F)ccc2C1Nc1cc(Br)ccc1Br. The molecule has 1 amide bonds. The highest BCUT2D eigenvalue weighted by Gasteiger charge is 2.31. The Morgan fingerprint density at radius 2 is 1.95 bits per heavy atom. The Labute approximate surface area is 131 Å². The Morgan fingerprint density at radius 1 is 1.15 bits per heavy atom. The quantitative estimate of drug-likeness (QED) is 0.782. The highest BCUT2D eigenvalue weighted by molar-refractivity contribution is 9.11. The summed E-state index contributed by atoms with van der Waals surface area (Å²) in [6.45, 7) is 0. The maximum absolute atomic E-state index is 13.2. The Bertz CT molecular complexity index is 706. The summed E-state index contributed by atoms with van der Waals surface area (Å²) >= 11 is 6.83. The lowest BCUT2D eigenvalue weighted by Gasteiger charge is -2.14. The molecule has 3 rings (SSSR count). The van der Waals surface area contributed by atoms with Crippen LogP contribution in [0.1, 0.15) is 11.6 Å². The highest BCUT2D eigenvalue weighted by atomic mass is 79.9. The second-order valence-electron chi connectivity index (χ2n) is 4.42. The summed E-state index contributed by atoms with van der Waals surface area (Å²) in [5.41, 5.74) is 2.04. The zero-order valence-corrected chi connectivity index (χ0v) is 13.3. The van der Waals surface area contributed by atoms with Gasteiger partial charge >= 0.3 is 0 Å². The molecule has 6 heteroatoms. The van der Waals surface area contributed by atoms with Gasteiger partial charge in [0.15, 0.2) is 0 Å². The molecule has 0 aliphatic carbocycles. The average molecular weight is 400 g/mol. The molecule has 0 saturated heterocycles. The van der Waals surface area contributed by atoms with E-state index in [0.717, 1.165) is 20.2 Å². The number of rotatable bonds is 2. The van der Waals surface area contributed by atoms with E-state index in [0.29, 0.717) is 5.69 Å². The third-order valence-electron chi connectivity index (χ3n) is 3.07. The first-order chi connectivity index (χ1) is 9.54. The summed E-state index contributed by atoms with van der Waals surface area (Å²) in [7, 11) is 0. The van der Waals surface area contributed by atoms with Crippen LogP contribution in [0.5, 0.6) is 0 Å². The normalized spacial score (nSPS) is 16.8. The molecule has 0 spiro atoms. The number of anilines is 2. The van der Waals surface area contributed by atoms with E-state index in [4.69, 9.17) is 0 Å². The van der Waals surface area contributed by atoms with Gasteiger partial charge in [-0.25, -0.2) is 4.39 Å². The second-order valence-corrected chi connectivity index (χ2v) is 6.19. The van der Waals surface area contributed by atoms with Crippen molar-refractivity contribution in [2.45, 2.75) is 6.04 Å². The molecular weight excluding hydrogens is 391 g/mol. The van der Waals surface area contributed by atoms with Crippen LogP contribution in [-0.4, -0.2) is 5.91 Å². The van der Waals surface area contributed by atoms with Crippen LogP contribution >= 0.6 is 31.9 Å². The van der Waals surface area contributed by atoms with Gasteiger partial charge in [-0.1, -0.05) is 22.0 Å². The highest BCUT2D eigenvalue weighted by Crippen LogP contribution is 2.36. The summed E-state index contributed by atoms with van der Waals surface area (Å²) in [6.07, 6.45) is 0. The lowest BCUT2D eigenvalue weighted by atomic mass is 10.1. The van der Waals surface area contributed by atoms with E-state index in [9.17, 15) is 9.18 Å². The van der Waals surface area contributed by atoms with Gasteiger partial charge in [0.2, 0.25) is 0 Å². The summed E-state index contributed by atoms with van der Waals surface area (Å²) < 4.78 is 14.9. The fraction of sp³-hybridized carbons (Fsp3) is 0.0714. The molecule has 2 aromatic carbocycles. The van der Waals surface area contributed by atoms with Crippen LogP contribution in [0.15, 0.2) is 45.3 Å². The molecule has 2 aromatic rings. The summed E-state index contributed by atoms with van der Waals surface area (Å²) in [5.74, 6) is -0.564. The number of benzene rings is 2. The lowest BCUT2D eigenvalue weighted by molar-refractivity contribution is -0.116. The molecule has 20 heavy (non-hydrogen) atoms. The minimum atomic E-state index is -0.531. The number of carbonyl (C=O) groups excluding carboxylic acids is 1. The smallest absolute Gasteiger partial charge is 0.251 e. The van der Waals surface area contributed by atoms with Gasteiger partial charge in [0.1, 0.15) is 11.9 Å². The number of hydrogen-bond acceptors (Lipinski definition) is 2. The molecule has 1 atom stereocenters. The predicted molar refractivity (Wildman–Crippen MR) is 83.2 cm³/mol. The van der Waals surface area contributed by atoms with Crippen molar-refractivity contribution in [1.82, 2.24) is 0 Å². The van der Waals surface area contributed by atoms with Gasteiger partial charge < -0.3 is 10.6 Å². The zero-order valence-electron chi connectivity index (χ0n) is 10.1. The Hall–Kier alpha value is -1.40. The molecule has 2 N–H and O–H groups in total. The zero-order chi connectivity index (χ0) is 14.3. The summed E-state index contributed by atoms with van der Waals surface area (Å²) in [4.78, 5) is 12.0. The maximum Gasteiger partial charge on any atom is 0.251 e. The van der Waals surface area contributed by atoms with E-state index in [1.807, 2.05) is 18.2 Å². The van der Waals surface area contributed by atoms with Crippen molar-refractivity contribution in [3.8, 4) is 0 Å². The minimum absolute atomic E-state index is 0.197. The van der Waals surface area contributed by atoms with Gasteiger partial charge in [-0.15, -0.1) is 0 Å². The Morgan fingerprint density at radius 3 is 2.75 bits per heavy atom. The van der Waals surface area contributed by atoms with Crippen molar-refractivity contribution in [2.75, 3.05) is 10.6 Å². The summed E-state index contributed by atoms with van der Waals surface area (Å²) in [6, 6.07) is 9.41. The first kappa shape index (κ1) is 13.6. The van der Waals surface area contributed by atoms with E-state index >= 15 is 0 Å². The van der Waals surface area contributed by atoms with Crippen LogP contribution < -0.4 is 10.6 Å². The third kappa shape index (κ3) is 2.45. The van der Waals surface area contributed by atoms with Crippen LogP contribution in [0, 0.1) is 5.82 Å². The molecule has 1 aliphatic rings. The molecular formula is C14H9Br2FN2O. The number of nitrogens with one attached hydrogen (secondary N) is 2. The van der Waals surface area contributed by atoms with E-state index in [2.05, 4.69) is 42.5 Å². The molecule has 0 saturated carbocycles. The van der Waals surface area contributed by atoms with E-state index in [-0.39, 0.29) is 11.7 Å². The van der Waals surface area contributed by atoms with Crippen LogP contribution in [0.2, 0.25) is 0 Å². The van der Waals surface area contributed by atoms with Crippen LogP contribution in [0.4, 0.5) is 15.8 Å². The third-order valence-corrected chi connectivity index (χ3v) is 4.26. The van der Waals surface area contributed by atoms with Crippen LogP contribution in [0.3, 0.4) is 0 Å². The topological polar surface area (TPSA) is 41.1 Å². The van der Waals surface area contributed by atoms with Crippen molar-refractivity contribution in [1.29, 1.82) is 0 Å². The van der Waals surface area contributed by atoms with E-state index < -0.39 is 6.04 Å². The molecule has 3 nitrogen and oxygen atoms in total. The minimum Gasteiger partial charge on any atom is -0.369 e. The molecule has 1 heterocycles. The van der Waals surface area contributed by atoms with Crippen LogP contribution in [0.25, 0.3) is 0 Å². The van der Waals surface area contributed by atoms with Gasteiger partial charge in [0, 0.05) is 20.2 Å². The fourth-order valence-corrected chi connectivity index (χ4v) is 2.86. The number of carbonyl (C=O) groups is 1. The monoisotopic (exact) mass is 398 g/mol. The molecule has 0 radical (unpaired) electrons. The lowest BCUT2D eigenvalue weighted by Crippen LogP contribution is -2.19. The van der Waals surface area contributed by atoms with Crippen molar-refractivity contribution in [3.05, 3.63) is 56.7 Å². The standard InChI is InChI=1S/C14H9Br2FN2O/c15-7-1-4-10(16)12(5-7)18-13-9-3-2-8(17)6-11(9)19-14(13)20/h1-6,13,18H,(H,19,20). The van der Waals surface area contributed by atoms with Gasteiger partial charge in [-0.2, -0.15) is 0 Å². The van der Waals surface area contributed by atoms with Gasteiger partial charge in [-0.05, 0) is 46.3 Å². The summed E-state index contributed by atoms with van der Waals surface area (Å²) in [5, 5.41) is 5.84. The van der Waals surface area contributed by atoms with Gasteiger partial charge in [0.25, 0.3) is 5.91 Å². The number of halogens is 3. The Kier molecular flexibility index (Phi) is 3.52. The number of hydrogen-bond donors (Lipinski definition) is 2. The van der Waals surface area contributed by atoms with Crippen molar-refractivity contribution in [2.24, 2.45) is 0 Å². The maximum atomic E-state index is 13.2. The van der Waals surface area contributed by atoms with Crippen LogP contribution in [-0.2, 0) is 4.79 Å². The average Bonchev–Trinajstić information content (AvgIpc) is 2.69. The molecule has 0 aromatic heterocycles. The van der Waals surface area contributed by atoms with Crippen molar-refractivity contribution in [3.63, 3.8) is 0 Å². The fourth-order valence-electron chi connectivity index (χ4n) is 2.14. The number of amides is 1. The first-order valence-electron chi connectivity index (χ1n) is 5.86. The molecule has 102 valence electrons. The molecule has 1 aliphatic heterocycles. The van der Waals surface area contributed by atoms with Crippen molar-refractivity contribution < 1.29 is 9.18 Å². The van der Waals surface area contributed by atoms with E-state index in [1.54, 1.807) is 6.07 Å². The first-order valence-corrected chi connectivity index (χ1v) is 7.45.